The zero-order chi connectivity index (χ0) is 10.7. The van der Waals surface area contributed by atoms with Crippen LogP contribution in [0.3, 0.4) is 0 Å². The van der Waals surface area contributed by atoms with Crippen LogP contribution in [0.4, 0.5) is 11.8 Å². The van der Waals surface area contributed by atoms with Gasteiger partial charge in [0, 0.05) is 25.3 Å². The van der Waals surface area contributed by atoms with E-state index in [1.54, 1.807) is 6.20 Å². The maximum Gasteiger partial charge on any atom is 0.224 e. The molecule has 1 heterocycles. The average molecular weight is 207 g/mol. The van der Waals surface area contributed by atoms with Crippen LogP contribution in [-0.2, 0) is 0 Å². The molecule has 1 aromatic heterocycles. The maximum atomic E-state index is 5.84. The minimum absolute atomic E-state index is 0.329. The van der Waals surface area contributed by atoms with Crippen LogP contribution in [-0.4, -0.2) is 29.1 Å². The van der Waals surface area contributed by atoms with Crippen molar-refractivity contribution in [2.45, 2.75) is 31.3 Å². The summed E-state index contributed by atoms with van der Waals surface area (Å²) in [6.45, 7) is 0. The van der Waals surface area contributed by atoms with E-state index in [-0.39, 0.29) is 0 Å². The lowest BCUT2D eigenvalue weighted by Crippen LogP contribution is -2.21. The minimum Gasteiger partial charge on any atom is -0.373 e. The number of aromatic nitrogens is 2. The molecule has 82 valence electrons. The van der Waals surface area contributed by atoms with Gasteiger partial charge in [0.25, 0.3) is 0 Å². The number of hydrogen-bond acceptors (Lipinski definition) is 5. The second-order valence-electron chi connectivity index (χ2n) is 3.93. The first-order valence-corrected chi connectivity index (χ1v) is 5.31. The van der Waals surface area contributed by atoms with Gasteiger partial charge in [0.2, 0.25) is 5.95 Å². The molecule has 5 nitrogen and oxygen atoms in total. The maximum absolute atomic E-state index is 5.84. The van der Waals surface area contributed by atoms with Gasteiger partial charge in [0.15, 0.2) is 0 Å². The van der Waals surface area contributed by atoms with Crippen molar-refractivity contribution in [3.63, 3.8) is 0 Å². The fourth-order valence-electron chi connectivity index (χ4n) is 1.90. The van der Waals surface area contributed by atoms with Gasteiger partial charge in [-0.15, -0.1) is 0 Å². The Morgan fingerprint density at radius 2 is 2.33 bits per heavy atom. The van der Waals surface area contributed by atoms with Crippen LogP contribution in [0.2, 0.25) is 0 Å². The Balaban J connectivity index is 1.98. The summed E-state index contributed by atoms with van der Waals surface area (Å²) in [4.78, 5) is 8.48. The van der Waals surface area contributed by atoms with Crippen molar-refractivity contribution in [2.75, 3.05) is 17.7 Å². The minimum atomic E-state index is 0.329. The Morgan fingerprint density at radius 1 is 1.47 bits per heavy atom. The lowest BCUT2D eigenvalue weighted by Gasteiger charge is -2.12. The summed E-state index contributed by atoms with van der Waals surface area (Å²) in [7, 11) is 1.84. The van der Waals surface area contributed by atoms with Crippen molar-refractivity contribution in [1.82, 2.24) is 9.97 Å². The monoisotopic (exact) mass is 207 g/mol. The fraction of sp³-hybridized carbons (Fsp3) is 0.600. The zero-order valence-electron chi connectivity index (χ0n) is 8.90. The van der Waals surface area contributed by atoms with E-state index >= 15 is 0 Å². The summed E-state index contributed by atoms with van der Waals surface area (Å²) >= 11 is 0. The third-order valence-corrected chi connectivity index (χ3v) is 2.72. The van der Waals surface area contributed by atoms with Crippen molar-refractivity contribution in [1.29, 1.82) is 0 Å². The first-order chi connectivity index (χ1) is 7.28. The summed E-state index contributed by atoms with van der Waals surface area (Å²) in [6.07, 6.45) is 4.95. The fourth-order valence-corrected chi connectivity index (χ4v) is 1.90. The molecule has 0 aliphatic heterocycles. The zero-order valence-corrected chi connectivity index (χ0v) is 8.90. The molecule has 2 unspecified atom stereocenters. The van der Waals surface area contributed by atoms with Crippen molar-refractivity contribution in [3.05, 3.63) is 12.3 Å². The van der Waals surface area contributed by atoms with Crippen molar-refractivity contribution in [3.8, 4) is 0 Å². The van der Waals surface area contributed by atoms with Crippen LogP contribution < -0.4 is 16.4 Å². The van der Waals surface area contributed by atoms with Gasteiger partial charge < -0.3 is 16.4 Å². The topological polar surface area (TPSA) is 75.9 Å². The smallest absolute Gasteiger partial charge is 0.224 e. The highest BCUT2D eigenvalue weighted by Crippen LogP contribution is 2.20. The highest BCUT2D eigenvalue weighted by molar-refractivity contribution is 5.39. The quantitative estimate of drug-likeness (QED) is 0.684. The highest BCUT2D eigenvalue weighted by Gasteiger charge is 2.21. The molecule has 0 bridgehead atoms. The van der Waals surface area contributed by atoms with E-state index in [4.69, 9.17) is 5.73 Å². The summed E-state index contributed by atoms with van der Waals surface area (Å²) < 4.78 is 0. The molecule has 1 aromatic rings. The van der Waals surface area contributed by atoms with Gasteiger partial charge in [-0.3, -0.25) is 0 Å². The first kappa shape index (κ1) is 10.2. The number of anilines is 2. The molecule has 0 radical (unpaired) electrons. The molecule has 1 fully saturated rings. The summed E-state index contributed by atoms with van der Waals surface area (Å²) in [5.41, 5.74) is 5.84. The van der Waals surface area contributed by atoms with Crippen LogP contribution in [0, 0.1) is 0 Å². The number of nitrogens with two attached hydrogens (primary N) is 1. The van der Waals surface area contributed by atoms with Gasteiger partial charge in [-0.1, -0.05) is 0 Å². The van der Waals surface area contributed by atoms with Gasteiger partial charge in [0.05, 0.1) is 0 Å². The molecular formula is C10H17N5. The molecule has 1 saturated carbocycles. The molecule has 0 saturated heterocycles. The van der Waals surface area contributed by atoms with Crippen LogP contribution in [0.5, 0.6) is 0 Å². The van der Waals surface area contributed by atoms with E-state index in [2.05, 4.69) is 20.6 Å². The van der Waals surface area contributed by atoms with Crippen LogP contribution in [0.15, 0.2) is 12.3 Å². The normalized spacial score (nSPS) is 25.2. The average Bonchev–Trinajstić information content (AvgIpc) is 2.64. The molecule has 0 aromatic carbocycles. The molecular weight excluding hydrogens is 190 g/mol. The third-order valence-electron chi connectivity index (χ3n) is 2.72. The number of nitrogens with one attached hydrogen (secondary N) is 2. The van der Waals surface area contributed by atoms with Crippen LogP contribution in [0.25, 0.3) is 0 Å². The number of nitrogens with zero attached hydrogens (tertiary/aromatic N) is 2. The first-order valence-electron chi connectivity index (χ1n) is 5.31. The van der Waals surface area contributed by atoms with Gasteiger partial charge >= 0.3 is 0 Å². The Hall–Kier alpha value is -1.36. The molecule has 5 heteroatoms. The predicted molar refractivity (Wildman–Crippen MR) is 60.8 cm³/mol. The summed E-state index contributed by atoms with van der Waals surface area (Å²) in [6, 6.07) is 2.59. The summed E-state index contributed by atoms with van der Waals surface area (Å²) in [5, 5.41) is 6.29. The second kappa shape index (κ2) is 4.44. The van der Waals surface area contributed by atoms with E-state index < -0.39 is 0 Å². The Labute approximate surface area is 89.5 Å². The molecule has 15 heavy (non-hydrogen) atoms. The Bertz CT molecular complexity index is 327. The van der Waals surface area contributed by atoms with Crippen LogP contribution in [0.1, 0.15) is 19.3 Å². The molecule has 1 aliphatic carbocycles. The van der Waals surface area contributed by atoms with E-state index in [1.165, 1.54) is 0 Å². The molecule has 2 atom stereocenters. The van der Waals surface area contributed by atoms with Crippen molar-refractivity contribution in [2.24, 2.45) is 5.73 Å². The van der Waals surface area contributed by atoms with Crippen LogP contribution >= 0.6 is 0 Å². The standard InChI is InChI=1S/C10H17N5/c1-12-9-4-5-13-10(15-9)14-8-3-2-7(11)6-8/h4-5,7-8H,2-3,6,11H2,1H3,(H2,12,13,14,15). The third kappa shape index (κ3) is 2.56. The Morgan fingerprint density at radius 3 is 3.00 bits per heavy atom. The highest BCUT2D eigenvalue weighted by atomic mass is 15.1. The molecule has 2 rings (SSSR count). The second-order valence-corrected chi connectivity index (χ2v) is 3.93. The lowest BCUT2D eigenvalue weighted by molar-refractivity contribution is 0.685. The largest absolute Gasteiger partial charge is 0.373 e. The van der Waals surface area contributed by atoms with Gasteiger partial charge in [-0.05, 0) is 25.3 Å². The lowest BCUT2D eigenvalue weighted by atomic mass is 10.2. The molecule has 0 amide bonds. The van der Waals surface area contributed by atoms with Gasteiger partial charge in [0.1, 0.15) is 5.82 Å². The molecule has 0 spiro atoms. The number of rotatable bonds is 3. The molecule has 4 N–H and O–H groups in total. The van der Waals surface area contributed by atoms with E-state index in [0.717, 1.165) is 25.1 Å². The van der Waals surface area contributed by atoms with E-state index in [0.29, 0.717) is 18.0 Å². The van der Waals surface area contributed by atoms with Gasteiger partial charge in [-0.2, -0.15) is 4.98 Å². The molecule has 1 aliphatic rings. The summed E-state index contributed by atoms with van der Waals surface area (Å²) in [5.74, 6) is 1.51. The van der Waals surface area contributed by atoms with Crippen molar-refractivity contribution < 1.29 is 0 Å². The SMILES string of the molecule is CNc1ccnc(NC2CCC(N)C2)n1. The predicted octanol–water partition coefficient (Wildman–Crippen LogP) is 0.810. The Kier molecular flexibility index (Phi) is 3.01. The van der Waals surface area contributed by atoms with Gasteiger partial charge in [-0.25, -0.2) is 4.98 Å². The van der Waals surface area contributed by atoms with Crippen molar-refractivity contribution >= 4 is 11.8 Å². The number of hydrogen-bond donors (Lipinski definition) is 3. The van der Waals surface area contributed by atoms with E-state index in [1.807, 2.05) is 13.1 Å². The van der Waals surface area contributed by atoms with E-state index in [9.17, 15) is 0 Å².